The van der Waals surface area contributed by atoms with E-state index in [1.807, 2.05) is 0 Å². The first-order valence-electron chi connectivity index (χ1n) is 7.21. The third-order valence-corrected chi connectivity index (χ3v) is 3.29. The van der Waals surface area contributed by atoms with Gasteiger partial charge in [0, 0.05) is 24.5 Å². The molecule has 0 bridgehead atoms. The number of rotatable bonds is 7. The van der Waals surface area contributed by atoms with Crippen LogP contribution >= 0.6 is 0 Å². The lowest BCUT2D eigenvalue weighted by atomic mass is 10.1. The van der Waals surface area contributed by atoms with Gasteiger partial charge in [0.1, 0.15) is 11.1 Å². The topological polar surface area (TPSA) is 129 Å². The molecular formula is C16H18FN5O3. The molecule has 9 heteroatoms. The monoisotopic (exact) mass is 347 g/mol. The number of nitrogens with zero attached hydrogens (tertiary/aromatic N) is 2. The number of hydrogen-bond acceptors (Lipinski definition) is 7. The van der Waals surface area contributed by atoms with Gasteiger partial charge in [0.25, 0.3) is 5.91 Å². The van der Waals surface area contributed by atoms with Gasteiger partial charge in [-0.2, -0.15) is 0 Å². The number of nitrogen functional groups attached to an aromatic ring is 1. The molecule has 0 spiro atoms. The minimum absolute atomic E-state index is 0.0305. The zero-order valence-electron chi connectivity index (χ0n) is 13.6. The number of fused-ring (bicyclic) bond motifs is 1. The van der Waals surface area contributed by atoms with Gasteiger partial charge >= 0.3 is 0 Å². The number of nitrogens with one attached hydrogen (secondary N) is 1. The highest BCUT2D eigenvalue weighted by Crippen LogP contribution is 2.32. The summed E-state index contributed by atoms with van der Waals surface area (Å²) in [7, 11) is 1.52. The highest BCUT2D eigenvalue weighted by atomic mass is 19.1. The van der Waals surface area contributed by atoms with Crippen molar-refractivity contribution >= 4 is 28.9 Å². The van der Waals surface area contributed by atoms with Crippen molar-refractivity contribution in [3.8, 4) is 5.75 Å². The summed E-state index contributed by atoms with van der Waals surface area (Å²) >= 11 is 0. The van der Waals surface area contributed by atoms with Gasteiger partial charge in [0.05, 0.1) is 13.7 Å². The Kier molecular flexibility index (Phi) is 5.72. The number of methoxy groups -OCH3 is 1. The number of halogens is 1. The Balaban J connectivity index is 2.07. The fraction of sp³-hybridized carbons (Fsp3) is 0.188. The Bertz CT molecular complexity index is 857. The number of benzene rings is 1. The summed E-state index contributed by atoms with van der Waals surface area (Å²) in [6, 6.07) is 3.52. The number of carbonyl (C=O) groups excluding carboxylic acids is 1. The summed E-state index contributed by atoms with van der Waals surface area (Å²) in [5, 5.41) is 6.62. The van der Waals surface area contributed by atoms with Gasteiger partial charge in [-0.05, 0) is 17.7 Å². The van der Waals surface area contributed by atoms with Crippen molar-refractivity contribution in [1.82, 2.24) is 10.5 Å². The molecule has 0 atom stereocenters. The third kappa shape index (κ3) is 4.34. The predicted molar refractivity (Wildman–Crippen MR) is 92.7 cm³/mol. The van der Waals surface area contributed by atoms with Crippen LogP contribution in [-0.4, -0.2) is 30.9 Å². The first kappa shape index (κ1) is 18.0. The smallest absolute Gasteiger partial charge is 0.279 e. The molecule has 2 aromatic rings. The highest BCUT2D eigenvalue weighted by molar-refractivity contribution is 5.93. The molecule has 0 aliphatic heterocycles. The third-order valence-electron chi connectivity index (χ3n) is 3.29. The van der Waals surface area contributed by atoms with Crippen molar-refractivity contribution in [2.75, 3.05) is 19.4 Å². The van der Waals surface area contributed by atoms with E-state index in [1.165, 1.54) is 19.5 Å². The number of anilines is 1. The summed E-state index contributed by atoms with van der Waals surface area (Å²) in [5.41, 5.74) is 13.0. The highest BCUT2D eigenvalue weighted by Gasteiger charge is 2.12. The van der Waals surface area contributed by atoms with E-state index in [2.05, 4.69) is 22.0 Å². The standard InChI is InChI=1S/C16H18FN5O3/c1-9(17)16(23)21-8-11(5-18)7-20-6-10-3-12(24-2)14-13(4-10)25-22-15(14)19/h3-5,7H,1,6,8,18H2,2H3,(H2,19,22)(H,21,23)/b11-5+,20-7?. The molecule has 1 aromatic carbocycles. The van der Waals surface area contributed by atoms with E-state index in [9.17, 15) is 9.18 Å². The van der Waals surface area contributed by atoms with Crippen LogP contribution in [0.1, 0.15) is 5.56 Å². The summed E-state index contributed by atoms with van der Waals surface area (Å²) in [6.45, 7) is 3.24. The lowest BCUT2D eigenvalue weighted by molar-refractivity contribution is -0.118. The number of nitrogens with two attached hydrogens (primary N) is 2. The summed E-state index contributed by atoms with van der Waals surface area (Å²) in [6.07, 6.45) is 2.75. The molecule has 0 unspecified atom stereocenters. The van der Waals surface area contributed by atoms with Crippen molar-refractivity contribution < 1.29 is 18.4 Å². The molecule has 25 heavy (non-hydrogen) atoms. The molecule has 1 heterocycles. The molecule has 0 fully saturated rings. The molecule has 1 aromatic heterocycles. The number of aliphatic imine (C=N–C) groups is 1. The van der Waals surface area contributed by atoms with E-state index in [1.54, 1.807) is 12.1 Å². The minimum Gasteiger partial charge on any atom is -0.496 e. The van der Waals surface area contributed by atoms with E-state index in [4.69, 9.17) is 20.7 Å². The van der Waals surface area contributed by atoms with Gasteiger partial charge in [0.15, 0.2) is 17.2 Å². The lowest BCUT2D eigenvalue weighted by Gasteiger charge is -2.05. The molecule has 0 radical (unpaired) electrons. The molecule has 1 amide bonds. The van der Waals surface area contributed by atoms with Crippen molar-refractivity contribution in [3.63, 3.8) is 0 Å². The summed E-state index contributed by atoms with van der Waals surface area (Å²) in [5.74, 6) is -1.18. The zero-order valence-corrected chi connectivity index (χ0v) is 13.6. The van der Waals surface area contributed by atoms with Gasteiger partial charge < -0.3 is 26.0 Å². The van der Waals surface area contributed by atoms with Crippen molar-refractivity contribution in [2.45, 2.75) is 6.54 Å². The molecule has 132 valence electrons. The van der Waals surface area contributed by atoms with Crippen LogP contribution in [0.2, 0.25) is 0 Å². The Morgan fingerprint density at radius 3 is 2.96 bits per heavy atom. The molecule has 2 rings (SSSR count). The summed E-state index contributed by atoms with van der Waals surface area (Å²) < 4.78 is 23.0. The van der Waals surface area contributed by atoms with Crippen LogP contribution in [0.5, 0.6) is 5.75 Å². The molecular weight excluding hydrogens is 329 g/mol. The maximum Gasteiger partial charge on any atom is 0.279 e. The number of hydrogen-bond donors (Lipinski definition) is 3. The number of ether oxygens (including phenoxy) is 1. The van der Waals surface area contributed by atoms with Crippen molar-refractivity contribution in [2.24, 2.45) is 10.7 Å². The maximum atomic E-state index is 12.6. The van der Waals surface area contributed by atoms with E-state index in [0.717, 1.165) is 5.56 Å². The van der Waals surface area contributed by atoms with E-state index in [0.29, 0.717) is 28.8 Å². The van der Waals surface area contributed by atoms with Crippen LogP contribution in [0.15, 0.2) is 45.8 Å². The average molecular weight is 347 g/mol. The molecule has 0 saturated heterocycles. The van der Waals surface area contributed by atoms with Crippen LogP contribution in [0.25, 0.3) is 11.0 Å². The normalized spacial score (nSPS) is 11.8. The first-order valence-corrected chi connectivity index (χ1v) is 7.21. The van der Waals surface area contributed by atoms with Gasteiger partial charge in [-0.15, -0.1) is 0 Å². The maximum absolute atomic E-state index is 12.6. The van der Waals surface area contributed by atoms with Gasteiger partial charge in [-0.1, -0.05) is 11.7 Å². The Morgan fingerprint density at radius 1 is 1.56 bits per heavy atom. The Morgan fingerprint density at radius 2 is 2.32 bits per heavy atom. The molecule has 8 nitrogen and oxygen atoms in total. The second-order valence-corrected chi connectivity index (χ2v) is 5.04. The zero-order chi connectivity index (χ0) is 18.4. The number of amides is 1. The minimum atomic E-state index is -1.07. The largest absolute Gasteiger partial charge is 0.496 e. The lowest BCUT2D eigenvalue weighted by Crippen LogP contribution is -2.26. The second-order valence-electron chi connectivity index (χ2n) is 5.04. The van der Waals surface area contributed by atoms with Crippen molar-refractivity contribution in [1.29, 1.82) is 0 Å². The van der Waals surface area contributed by atoms with Crippen LogP contribution in [0, 0.1) is 0 Å². The van der Waals surface area contributed by atoms with Crippen LogP contribution in [0.4, 0.5) is 10.2 Å². The second kappa shape index (κ2) is 7.95. The van der Waals surface area contributed by atoms with E-state index >= 15 is 0 Å². The van der Waals surface area contributed by atoms with Gasteiger partial charge in [-0.25, -0.2) is 4.39 Å². The number of carbonyl (C=O) groups is 1. The quantitative estimate of drug-likeness (QED) is 0.513. The molecule has 0 aliphatic rings. The van der Waals surface area contributed by atoms with E-state index < -0.39 is 11.7 Å². The number of aromatic nitrogens is 1. The van der Waals surface area contributed by atoms with Crippen LogP contribution in [-0.2, 0) is 11.3 Å². The fourth-order valence-corrected chi connectivity index (χ4v) is 2.06. The SMILES string of the molecule is C=C(F)C(=O)NC/C(C=NCc1cc(OC)c2c(N)noc2c1)=C/N. The molecule has 5 N–H and O–H groups in total. The Hall–Kier alpha value is -3.36. The molecule has 0 saturated carbocycles. The van der Waals surface area contributed by atoms with Crippen LogP contribution in [0.3, 0.4) is 0 Å². The summed E-state index contributed by atoms with van der Waals surface area (Å²) in [4.78, 5) is 15.4. The van der Waals surface area contributed by atoms with Gasteiger partial charge in [0.2, 0.25) is 0 Å². The molecule has 0 aliphatic carbocycles. The average Bonchev–Trinajstić information content (AvgIpc) is 2.97. The Labute approximate surface area is 143 Å². The van der Waals surface area contributed by atoms with E-state index in [-0.39, 0.29) is 12.4 Å². The first-order chi connectivity index (χ1) is 12.0. The fourth-order valence-electron chi connectivity index (χ4n) is 2.06. The predicted octanol–water partition coefficient (Wildman–Crippen LogP) is 1.43. The van der Waals surface area contributed by atoms with Gasteiger partial charge in [-0.3, -0.25) is 9.79 Å². The van der Waals surface area contributed by atoms with Crippen molar-refractivity contribution in [3.05, 3.63) is 41.9 Å². The van der Waals surface area contributed by atoms with Crippen LogP contribution < -0.4 is 21.5 Å².